The number of nitrogens with zero attached hydrogens (tertiary/aromatic N) is 3. The number of ether oxygens (including phenoxy) is 1. The van der Waals surface area contributed by atoms with Crippen molar-refractivity contribution in [3.63, 3.8) is 0 Å². The largest absolute Gasteiger partial charge is 0.450 e. The number of rotatable bonds is 7. The van der Waals surface area contributed by atoms with Gasteiger partial charge in [-0.3, -0.25) is 25.0 Å². The summed E-state index contributed by atoms with van der Waals surface area (Å²) in [5.41, 5.74) is 2.03. The van der Waals surface area contributed by atoms with Crippen molar-refractivity contribution in [3.8, 4) is 11.5 Å². The zero-order valence-corrected chi connectivity index (χ0v) is 15.6. The average molecular weight is 424 g/mol. The first-order valence-electron chi connectivity index (χ1n) is 8.63. The molecule has 3 aromatic rings. The Kier molecular flexibility index (Phi) is 6.26. The molecule has 10 nitrogen and oxygen atoms in total. The highest BCUT2D eigenvalue weighted by atomic mass is 19.1. The molecule has 11 heteroatoms. The molecule has 0 aliphatic carbocycles. The molecule has 0 saturated carbocycles. The first-order chi connectivity index (χ1) is 14.8. The number of hydrogen-bond donors (Lipinski definition) is 1. The summed E-state index contributed by atoms with van der Waals surface area (Å²) in [5, 5.41) is 25.8. The van der Waals surface area contributed by atoms with E-state index < -0.39 is 32.9 Å². The molecule has 0 unspecified atom stereocenters. The van der Waals surface area contributed by atoms with Gasteiger partial charge in [-0.15, -0.1) is 0 Å². The Balaban J connectivity index is 1.72. The van der Waals surface area contributed by atoms with Crippen LogP contribution in [-0.4, -0.2) is 22.0 Å². The van der Waals surface area contributed by atoms with Gasteiger partial charge in [-0.1, -0.05) is 12.1 Å². The topological polar surface area (TPSA) is 137 Å². The van der Waals surface area contributed by atoms with E-state index in [0.29, 0.717) is 5.56 Å². The lowest BCUT2D eigenvalue weighted by Gasteiger charge is -2.07. The first-order valence-corrected chi connectivity index (χ1v) is 8.63. The molecule has 1 amide bonds. The lowest BCUT2D eigenvalue weighted by Crippen LogP contribution is -2.17. The summed E-state index contributed by atoms with van der Waals surface area (Å²) in [7, 11) is 0. The van der Waals surface area contributed by atoms with Crippen molar-refractivity contribution in [3.05, 3.63) is 104 Å². The van der Waals surface area contributed by atoms with E-state index in [2.05, 4.69) is 10.5 Å². The third kappa shape index (κ3) is 5.44. The molecule has 31 heavy (non-hydrogen) atoms. The van der Waals surface area contributed by atoms with Crippen molar-refractivity contribution in [1.29, 1.82) is 0 Å². The number of non-ortho nitro benzene ring substituents is 1. The summed E-state index contributed by atoms with van der Waals surface area (Å²) in [4.78, 5) is 32.5. The highest BCUT2D eigenvalue weighted by Crippen LogP contribution is 2.34. The number of hydrogen-bond acceptors (Lipinski definition) is 7. The van der Waals surface area contributed by atoms with Gasteiger partial charge in [-0.2, -0.15) is 5.10 Å². The first kappa shape index (κ1) is 21.0. The van der Waals surface area contributed by atoms with Crippen molar-refractivity contribution >= 4 is 23.5 Å². The van der Waals surface area contributed by atoms with Crippen LogP contribution < -0.4 is 10.2 Å². The fourth-order valence-electron chi connectivity index (χ4n) is 2.46. The number of nitro groups is 2. The molecule has 0 fully saturated rings. The maximum absolute atomic E-state index is 12.9. The Morgan fingerprint density at radius 1 is 1.00 bits per heavy atom. The van der Waals surface area contributed by atoms with E-state index >= 15 is 0 Å². The van der Waals surface area contributed by atoms with Crippen LogP contribution in [0.1, 0.15) is 15.9 Å². The summed E-state index contributed by atoms with van der Waals surface area (Å²) >= 11 is 0. The second-order valence-corrected chi connectivity index (χ2v) is 6.05. The number of halogens is 1. The van der Waals surface area contributed by atoms with Crippen LogP contribution in [0.2, 0.25) is 0 Å². The lowest BCUT2D eigenvalue weighted by atomic mass is 10.2. The predicted molar refractivity (Wildman–Crippen MR) is 108 cm³/mol. The standard InChI is InChI=1S/C20H13FN4O6/c21-15-6-4-14(5-7-15)20(26)23-22-12-13-2-1-3-17(10-13)31-19-9-8-16(24(27)28)11-18(19)25(29)30/h1-12H,(H,23,26)/b22-12+. The predicted octanol–water partition coefficient (Wildman–Crippen LogP) is 4.20. The van der Waals surface area contributed by atoms with Crippen LogP contribution in [0.15, 0.2) is 71.8 Å². The van der Waals surface area contributed by atoms with Gasteiger partial charge in [0.15, 0.2) is 0 Å². The minimum atomic E-state index is -0.779. The van der Waals surface area contributed by atoms with Crippen LogP contribution in [0, 0.1) is 26.0 Å². The van der Waals surface area contributed by atoms with Crippen molar-refractivity contribution in [2.24, 2.45) is 5.10 Å². The van der Waals surface area contributed by atoms with E-state index in [9.17, 15) is 29.4 Å². The molecule has 0 saturated heterocycles. The maximum Gasteiger partial charge on any atom is 0.318 e. The van der Waals surface area contributed by atoms with E-state index in [-0.39, 0.29) is 17.1 Å². The molecule has 0 bridgehead atoms. The lowest BCUT2D eigenvalue weighted by molar-refractivity contribution is -0.394. The summed E-state index contributed by atoms with van der Waals surface area (Å²) < 4.78 is 18.4. The molecule has 0 heterocycles. The number of nitro benzene ring substituents is 2. The molecule has 0 aromatic heterocycles. The van der Waals surface area contributed by atoms with Crippen LogP contribution in [0.5, 0.6) is 11.5 Å². The fraction of sp³-hybridized carbons (Fsp3) is 0. The molecule has 0 atom stereocenters. The molecule has 3 rings (SSSR count). The van der Waals surface area contributed by atoms with E-state index in [1.807, 2.05) is 0 Å². The van der Waals surface area contributed by atoms with Crippen LogP contribution in [0.4, 0.5) is 15.8 Å². The maximum atomic E-state index is 12.9. The van der Waals surface area contributed by atoms with Gasteiger partial charge in [0.25, 0.3) is 11.6 Å². The Labute approximate surface area is 173 Å². The smallest absolute Gasteiger partial charge is 0.318 e. The quantitative estimate of drug-likeness (QED) is 0.343. The molecule has 0 aliphatic rings. The molecule has 0 aliphatic heterocycles. The number of benzene rings is 3. The number of carbonyl (C=O) groups excluding carboxylic acids is 1. The van der Waals surface area contributed by atoms with Gasteiger partial charge in [-0.25, -0.2) is 9.82 Å². The number of amides is 1. The molecular weight excluding hydrogens is 411 g/mol. The van der Waals surface area contributed by atoms with E-state index in [1.54, 1.807) is 12.1 Å². The molecule has 0 radical (unpaired) electrons. The van der Waals surface area contributed by atoms with Gasteiger partial charge >= 0.3 is 5.69 Å². The summed E-state index contributed by atoms with van der Waals surface area (Å²) in [6.07, 6.45) is 1.32. The highest BCUT2D eigenvalue weighted by Gasteiger charge is 2.21. The third-order valence-corrected chi connectivity index (χ3v) is 3.92. The molecule has 1 N–H and O–H groups in total. The van der Waals surface area contributed by atoms with Gasteiger partial charge in [0.05, 0.1) is 22.1 Å². The summed E-state index contributed by atoms with van der Waals surface area (Å²) in [6.45, 7) is 0. The van der Waals surface area contributed by atoms with Gasteiger partial charge in [0.2, 0.25) is 5.75 Å². The zero-order chi connectivity index (χ0) is 22.4. The van der Waals surface area contributed by atoms with E-state index in [0.717, 1.165) is 30.3 Å². The second-order valence-electron chi connectivity index (χ2n) is 6.05. The minimum Gasteiger partial charge on any atom is -0.450 e. The van der Waals surface area contributed by atoms with Crippen LogP contribution >= 0.6 is 0 Å². The Morgan fingerprint density at radius 2 is 1.74 bits per heavy atom. The number of nitrogens with one attached hydrogen (secondary N) is 1. The van der Waals surface area contributed by atoms with Crippen LogP contribution in [0.25, 0.3) is 0 Å². The van der Waals surface area contributed by atoms with Crippen molar-refractivity contribution in [2.45, 2.75) is 0 Å². The summed E-state index contributed by atoms with van der Waals surface area (Å²) in [5.74, 6) is -0.963. The monoisotopic (exact) mass is 424 g/mol. The minimum absolute atomic E-state index is 0.172. The molecule has 156 valence electrons. The highest BCUT2D eigenvalue weighted by molar-refractivity contribution is 5.94. The summed E-state index contributed by atoms with van der Waals surface area (Å²) in [6, 6.07) is 14.2. The zero-order valence-electron chi connectivity index (χ0n) is 15.6. The Morgan fingerprint density at radius 3 is 2.42 bits per heavy atom. The van der Waals surface area contributed by atoms with Gasteiger partial charge < -0.3 is 4.74 Å². The second kappa shape index (κ2) is 9.22. The van der Waals surface area contributed by atoms with Gasteiger partial charge in [-0.05, 0) is 48.0 Å². The molecule has 0 spiro atoms. The van der Waals surface area contributed by atoms with Crippen molar-refractivity contribution in [1.82, 2.24) is 5.43 Å². The van der Waals surface area contributed by atoms with Crippen molar-refractivity contribution < 1.29 is 23.8 Å². The SMILES string of the molecule is O=C(N/N=C/c1cccc(Oc2ccc([N+](=O)[O-])cc2[N+](=O)[O-])c1)c1ccc(F)cc1. The number of hydrazone groups is 1. The molecule has 3 aromatic carbocycles. The average Bonchev–Trinajstić information content (AvgIpc) is 2.74. The molecular formula is C20H13FN4O6. The Hall–Kier alpha value is -4.67. The van der Waals surface area contributed by atoms with E-state index in [1.165, 1.54) is 30.5 Å². The Bertz CT molecular complexity index is 1180. The van der Waals surface area contributed by atoms with Gasteiger partial charge in [0, 0.05) is 11.6 Å². The normalized spacial score (nSPS) is 10.6. The van der Waals surface area contributed by atoms with Crippen LogP contribution in [-0.2, 0) is 0 Å². The fourth-order valence-corrected chi connectivity index (χ4v) is 2.46. The van der Waals surface area contributed by atoms with E-state index in [4.69, 9.17) is 4.74 Å². The number of carbonyl (C=O) groups is 1. The van der Waals surface area contributed by atoms with Gasteiger partial charge in [0.1, 0.15) is 11.6 Å². The third-order valence-electron chi connectivity index (χ3n) is 3.92. The van der Waals surface area contributed by atoms with Crippen LogP contribution in [0.3, 0.4) is 0 Å². The van der Waals surface area contributed by atoms with Crippen molar-refractivity contribution in [2.75, 3.05) is 0 Å².